The predicted molar refractivity (Wildman–Crippen MR) is 97.9 cm³/mol. The Kier molecular flexibility index (Phi) is 5.68. The van der Waals surface area contributed by atoms with Gasteiger partial charge in [-0.05, 0) is 37.4 Å². The summed E-state index contributed by atoms with van der Waals surface area (Å²) in [5, 5.41) is 2.53. The Morgan fingerprint density at radius 2 is 1.96 bits per heavy atom. The number of carbonyl (C=O) groups excluding carboxylic acids is 1. The van der Waals surface area contributed by atoms with E-state index in [1.165, 1.54) is 13.2 Å². The van der Waals surface area contributed by atoms with Gasteiger partial charge in [-0.1, -0.05) is 0 Å². The molecule has 1 aromatic heterocycles. The molecule has 3 rings (SSSR count). The molecule has 0 bridgehead atoms. The van der Waals surface area contributed by atoms with E-state index in [1.54, 1.807) is 12.1 Å². The molecular formula is C17H19FN4O4S. The van der Waals surface area contributed by atoms with Crippen LogP contribution in [0.3, 0.4) is 0 Å². The van der Waals surface area contributed by atoms with Crippen molar-refractivity contribution in [3.63, 3.8) is 0 Å². The SMILES string of the molecule is CNS(=O)(=O)c1ccc(F)c(C(=O)Nc2ccc(N3CCOCC3)nc2)c1. The zero-order valence-electron chi connectivity index (χ0n) is 14.6. The number of nitrogens with one attached hydrogen (secondary N) is 2. The molecule has 0 saturated carbocycles. The highest BCUT2D eigenvalue weighted by Crippen LogP contribution is 2.19. The Hall–Kier alpha value is -2.56. The van der Waals surface area contributed by atoms with Crippen LogP contribution in [-0.2, 0) is 14.8 Å². The van der Waals surface area contributed by atoms with Gasteiger partial charge >= 0.3 is 0 Å². The molecule has 144 valence electrons. The molecule has 0 atom stereocenters. The van der Waals surface area contributed by atoms with E-state index in [9.17, 15) is 17.6 Å². The maximum atomic E-state index is 14.0. The third kappa shape index (κ3) is 4.41. The molecule has 2 heterocycles. The summed E-state index contributed by atoms with van der Waals surface area (Å²) in [6.07, 6.45) is 1.47. The van der Waals surface area contributed by atoms with Crippen LogP contribution in [0.5, 0.6) is 0 Å². The van der Waals surface area contributed by atoms with E-state index in [1.807, 2.05) is 0 Å². The lowest BCUT2D eigenvalue weighted by atomic mass is 10.2. The maximum Gasteiger partial charge on any atom is 0.258 e. The van der Waals surface area contributed by atoms with Crippen molar-refractivity contribution in [3.8, 4) is 0 Å². The van der Waals surface area contributed by atoms with Crippen LogP contribution in [-0.4, -0.2) is 52.7 Å². The monoisotopic (exact) mass is 394 g/mol. The lowest BCUT2D eigenvalue weighted by Crippen LogP contribution is -2.36. The average molecular weight is 394 g/mol. The van der Waals surface area contributed by atoms with Crippen molar-refractivity contribution in [2.24, 2.45) is 0 Å². The number of aromatic nitrogens is 1. The number of hydrogen-bond donors (Lipinski definition) is 2. The normalized spacial score (nSPS) is 14.8. The number of ether oxygens (including phenoxy) is 1. The lowest BCUT2D eigenvalue weighted by Gasteiger charge is -2.27. The van der Waals surface area contributed by atoms with E-state index < -0.39 is 21.7 Å². The molecule has 2 N–H and O–H groups in total. The molecule has 1 fully saturated rings. The van der Waals surface area contributed by atoms with Crippen LogP contribution >= 0.6 is 0 Å². The fourth-order valence-corrected chi connectivity index (χ4v) is 3.36. The summed E-state index contributed by atoms with van der Waals surface area (Å²) >= 11 is 0. The van der Waals surface area contributed by atoms with Gasteiger partial charge in [0.2, 0.25) is 10.0 Å². The van der Waals surface area contributed by atoms with E-state index in [4.69, 9.17) is 4.74 Å². The Labute approximate surface area is 156 Å². The van der Waals surface area contributed by atoms with Crippen LogP contribution in [0.2, 0.25) is 0 Å². The predicted octanol–water partition coefficient (Wildman–Crippen LogP) is 1.22. The molecule has 0 aliphatic carbocycles. The maximum absolute atomic E-state index is 14.0. The van der Waals surface area contributed by atoms with Crippen molar-refractivity contribution >= 4 is 27.4 Å². The van der Waals surface area contributed by atoms with Gasteiger partial charge in [0.1, 0.15) is 11.6 Å². The van der Waals surface area contributed by atoms with Crippen LogP contribution in [0.4, 0.5) is 15.9 Å². The minimum absolute atomic E-state index is 0.197. The zero-order chi connectivity index (χ0) is 19.4. The summed E-state index contributed by atoms with van der Waals surface area (Å²) in [5.41, 5.74) is 0.00173. The van der Waals surface area contributed by atoms with E-state index >= 15 is 0 Å². The highest BCUT2D eigenvalue weighted by atomic mass is 32.2. The molecule has 1 aromatic carbocycles. The van der Waals surface area contributed by atoms with Crippen molar-refractivity contribution in [2.45, 2.75) is 4.90 Å². The van der Waals surface area contributed by atoms with Crippen molar-refractivity contribution in [1.82, 2.24) is 9.71 Å². The van der Waals surface area contributed by atoms with E-state index in [-0.39, 0.29) is 10.5 Å². The van der Waals surface area contributed by atoms with Crippen molar-refractivity contribution in [3.05, 3.63) is 47.9 Å². The third-order valence-corrected chi connectivity index (χ3v) is 5.51. The lowest BCUT2D eigenvalue weighted by molar-refractivity contribution is 0.102. The van der Waals surface area contributed by atoms with Gasteiger partial charge in [0.15, 0.2) is 0 Å². The van der Waals surface area contributed by atoms with Crippen LogP contribution in [0.25, 0.3) is 0 Å². The van der Waals surface area contributed by atoms with Crippen molar-refractivity contribution < 1.29 is 22.3 Å². The Bertz CT molecular complexity index is 928. The molecule has 1 aliphatic heterocycles. The molecular weight excluding hydrogens is 375 g/mol. The summed E-state index contributed by atoms with van der Waals surface area (Å²) in [4.78, 5) is 18.5. The van der Waals surface area contributed by atoms with Gasteiger partial charge in [0.25, 0.3) is 5.91 Å². The number of sulfonamides is 1. The van der Waals surface area contributed by atoms with Crippen LogP contribution in [0.15, 0.2) is 41.4 Å². The van der Waals surface area contributed by atoms with Crippen LogP contribution in [0, 0.1) is 5.82 Å². The van der Waals surface area contributed by atoms with Gasteiger partial charge in [-0.15, -0.1) is 0 Å². The number of pyridine rings is 1. The van der Waals surface area contributed by atoms with Gasteiger partial charge in [-0.25, -0.2) is 22.5 Å². The summed E-state index contributed by atoms with van der Waals surface area (Å²) in [5.74, 6) is -0.827. The highest BCUT2D eigenvalue weighted by Gasteiger charge is 2.19. The van der Waals surface area contributed by atoms with Gasteiger partial charge in [-0.2, -0.15) is 0 Å². The molecule has 8 nitrogen and oxygen atoms in total. The quantitative estimate of drug-likeness (QED) is 0.791. The molecule has 2 aromatic rings. The molecule has 10 heteroatoms. The van der Waals surface area contributed by atoms with Gasteiger partial charge < -0.3 is 15.0 Å². The van der Waals surface area contributed by atoms with Gasteiger partial charge in [0, 0.05) is 13.1 Å². The molecule has 1 amide bonds. The molecule has 0 spiro atoms. The largest absolute Gasteiger partial charge is 0.378 e. The summed E-state index contributed by atoms with van der Waals surface area (Å²) in [7, 11) is -2.55. The smallest absolute Gasteiger partial charge is 0.258 e. The van der Waals surface area contributed by atoms with E-state index in [0.717, 1.165) is 37.1 Å². The third-order valence-electron chi connectivity index (χ3n) is 4.10. The first-order valence-corrected chi connectivity index (χ1v) is 9.72. The molecule has 27 heavy (non-hydrogen) atoms. The van der Waals surface area contributed by atoms with Crippen LogP contribution in [0.1, 0.15) is 10.4 Å². The topological polar surface area (TPSA) is 101 Å². The number of nitrogens with zero attached hydrogens (tertiary/aromatic N) is 2. The standard InChI is InChI=1S/C17H19FN4O4S/c1-19-27(24,25)13-3-4-15(18)14(10-13)17(23)21-12-2-5-16(20-11-12)22-6-8-26-9-7-22/h2-5,10-11,19H,6-9H2,1H3,(H,21,23). The first-order chi connectivity index (χ1) is 12.9. The van der Waals surface area contributed by atoms with E-state index in [2.05, 4.69) is 19.9 Å². The Balaban J connectivity index is 1.76. The fourth-order valence-electron chi connectivity index (χ4n) is 2.60. The summed E-state index contributed by atoms with van der Waals surface area (Å²) in [6.45, 7) is 2.73. The molecule has 0 radical (unpaired) electrons. The second kappa shape index (κ2) is 7.99. The number of carbonyl (C=O) groups is 1. The number of benzene rings is 1. The molecule has 1 aliphatic rings. The Morgan fingerprint density at radius 3 is 2.59 bits per heavy atom. The van der Waals surface area contributed by atoms with E-state index in [0.29, 0.717) is 18.9 Å². The summed E-state index contributed by atoms with van der Waals surface area (Å²) < 4.78 is 45.1. The fraction of sp³-hybridized carbons (Fsp3) is 0.294. The minimum atomic E-state index is -3.79. The summed E-state index contributed by atoms with van der Waals surface area (Å²) in [6, 6.07) is 6.43. The highest BCUT2D eigenvalue weighted by molar-refractivity contribution is 7.89. The van der Waals surface area contributed by atoms with Crippen LogP contribution < -0.4 is 14.9 Å². The second-order valence-corrected chi connectivity index (χ2v) is 7.69. The van der Waals surface area contributed by atoms with Gasteiger partial charge in [-0.3, -0.25) is 4.79 Å². The number of halogens is 1. The number of hydrogen-bond acceptors (Lipinski definition) is 6. The minimum Gasteiger partial charge on any atom is -0.378 e. The first kappa shape index (κ1) is 19.2. The number of anilines is 2. The number of rotatable bonds is 5. The van der Waals surface area contributed by atoms with Crippen molar-refractivity contribution in [2.75, 3.05) is 43.6 Å². The van der Waals surface area contributed by atoms with Gasteiger partial charge in [0.05, 0.1) is 35.6 Å². The first-order valence-electron chi connectivity index (χ1n) is 8.24. The second-order valence-electron chi connectivity index (χ2n) is 5.81. The Morgan fingerprint density at radius 1 is 1.22 bits per heavy atom. The number of amides is 1. The zero-order valence-corrected chi connectivity index (χ0v) is 15.4. The molecule has 0 unspecified atom stereocenters. The molecule has 1 saturated heterocycles. The van der Waals surface area contributed by atoms with Crippen molar-refractivity contribution in [1.29, 1.82) is 0 Å². The number of morpholine rings is 1. The average Bonchev–Trinajstić information content (AvgIpc) is 2.69.